The molecule has 55 valence electrons. The summed E-state index contributed by atoms with van der Waals surface area (Å²) in [6.07, 6.45) is 6.44. The van der Waals surface area contributed by atoms with E-state index in [1.807, 2.05) is 0 Å². The number of rotatable bonds is 0. The Balaban J connectivity index is 2.89. The van der Waals surface area contributed by atoms with Crippen LogP contribution in [0, 0.1) is 18.3 Å². The van der Waals surface area contributed by atoms with Gasteiger partial charge in [-0.05, 0) is 25.2 Å². The quantitative estimate of drug-likeness (QED) is 0.479. The lowest BCUT2D eigenvalue weighted by molar-refractivity contribution is 0.394. The van der Waals surface area contributed by atoms with E-state index in [0.717, 1.165) is 0 Å². The van der Waals surface area contributed by atoms with E-state index in [0.29, 0.717) is 5.92 Å². The van der Waals surface area contributed by atoms with Gasteiger partial charge in [-0.25, -0.2) is 0 Å². The lowest BCUT2D eigenvalue weighted by Crippen LogP contribution is -2.22. The lowest BCUT2D eigenvalue weighted by atomic mass is 9.73. The molecule has 0 spiro atoms. The van der Waals surface area contributed by atoms with Gasteiger partial charge in [0.15, 0.2) is 0 Å². The van der Waals surface area contributed by atoms with Gasteiger partial charge < -0.3 is 0 Å². The molecule has 0 bridgehead atoms. The van der Waals surface area contributed by atoms with Crippen LogP contribution in [0.3, 0.4) is 0 Å². The van der Waals surface area contributed by atoms with Gasteiger partial charge in [0, 0.05) is 0 Å². The fourth-order valence-electron chi connectivity index (χ4n) is 1.23. The standard InChI is InChI=1S/C10H15/c1-8-6-5-7-10(3,4)9(8)2/h5-7,9H,3H2,1-2,4H3. The summed E-state index contributed by atoms with van der Waals surface area (Å²) in [5, 5.41) is 0. The van der Waals surface area contributed by atoms with Crippen LogP contribution in [0.4, 0.5) is 0 Å². The summed E-state index contributed by atoms with van der Waals surface area (Å²) < 4.78 is 0. The highest BCUT2D eigenvalue weighted by molar-refractivity contribution is 5.25. The Hall–Kier alpha value is -0.520. The van der Waals surface area contributed by atoms with Crippen LogP contribution in [0.15, 0.2) is 23.8 Å². The molecule has 2 unspecified atom stereocenters. The maximum Gasteiger partial charge on any atom is -0.00803 e. The zero-order valence-corrected chi connectivity index (χ0v) is 7.02. The van der Waals surface area contributed by atoms with Crippen LogP contribution < -0.4 is 0 Å². The topological polar surface area (TPSA) is 0 Å². The van der Waals surface area contributed by atoms with Crippen LogP contribution in [-0.2, 0) is 0 Å². The SMILES string of the molecule is [CH2]C1(C)C=CC=C(C)C1C. The fourth-order valence-corrected chi connectivity index (χ4v) is 1.23. The molecule has 0 aliphatic heterocycles. The van der Waals surface area contributed by atoms with Crippen molar-refractivity contribution in [1.29, 1.82) is 0 Å². The van der Waals surface area contributed by atoms with E-state index in [4.69, 9.17) is 0 Å². The maximum absolute atomic E-state index is 4.13. The van der Waals surface area contributed by atoms with Gasteiger partial charge in [0.2, 0.25) is 0 Å². The lowest BCUT2D eigenvalue weighted by Gasteiger charge is -2.31. The molecule has 0 amide bonds. The minimum Gasteiger partial charge on any atom is -0.0780 e. The minimum absolute atomic E-state index is 0.110. The average molecular weight is 135 g/mol. The second kappa shape index (κ2) is 2.26. The van der Waals surface area contributed by atoms with Crippen molar-refractivity contribution in [3.63, 3.8) is 0 Å². The Bertz CT molecular complexity index is 182. The molecule has 0 saturated carbocycles. The highest BCUT2D eigenvalue weighted by atomic mass is 14.3. The van der Waals surface area contributed by atoms with Gasteiger partial charge in [0.1, 0.15) is 0 Å². The first-order valence-corrected chi connectivity index (χ1v) is 3.75. The summed E-state index contributed by atoms with van der Waals surface area (Å²) in [7, 11) is 0. The van der Waals surface area contributed by atoms with Crippen molar-refractivity contribution in [2.45, 2.75) is 20.8 Å². The maximum atomic E-state index is 4.13. The molecular weight excluding hydrogens is 120 g/mol. The molecule has 0 aromatic rings. The summed E-state index contributed by atoms with van der Waals surface area (Å²) in [4.78, 5) is 0. The molecule has 0 aromatic carbocycles. The molecule has 0 aromatic heterocycles. The molecule has 0 saturated heterocycles. The van der Waals surface area contributed by atoms with Crippen LogP contribution in [0.1, 0.15) is 20.8 Å². The third kappa shape index (κ3) is 1.16. The van der Waals surface area contributed by atoms with E-state index >= 15 is 0 Å². The molecule has 2 atom stereocenters. The Kier molecular flexibility index (Phi) is 1.72. The van der Waals surface area contributed by atoms with E-state index in [-0.39, 0.29) is 5.41 Å². The fraction of sp³-hybridized carbons (Fsp3) is 0.500. The molecule has 1 aliphatic rings. The van der Waals surface area contributed by atoms with Gasteiger partial charge in [-0.15, -0.1) is 0 Å². The normalized spacial score (nSPS) is 30.0. The Labute approximate surface area is 63.6 Å². The first-order valence-electron chi connectivity index (χ1n) is 3.75. The van der Waals surface area contributed by atoms with Crippen molar-refractivity contribution in [2.75, 3.05) is 0 Å². The molecule has 1 rings (SSSR count). The summed E-state index contributed by atoms with van der Waals surface area (Å²) in [5.41, 5.74) is 1.54. The van der Waals surface area contributed by atoms with E-state index in [9.17, 15) is 0 Å². The second-order valence-corrected chi connectivity index (χ2v) is 3.50. The predicted molar refractivity (Wildman–Crippen MR) is 45.5 cm³/mol. The smallest absolute Gasteiger partial charge is 0.00803 e. The van der Waals surface area contributed by atoms with Crippen molar-refractivity contribution in [3.05, 3.63) is 30.7 Å². The van der Waals surface area contributed by atoms with E-state index in [1.165, 1.54) is 5.57 Å². The van der Waals surface area contributed by atoms with Crippen LogP contribution in [-0.4, -0.2) is 0 Å². The largest absolute Gasteiger partial charge is 0.0780 e. The Morgan fingerprint density at radius 3 is 2.60 bits per heavy atom. The van der Waals surface area contributed by atoms with E-state index in [2.05, 4.69) is 45.9 Å². The second-order valence-electron chi connectivity index (χ2n) is 3.50. The number of hydrogen-bond acceptors (Lipinski definition) is 0. The van der Waals surface area contributed by atoms with Gasteiger partial charge in [0.25, 0.3) is 0 Å². The molecule has 1 radical (unpaired) electrons. The molecule has 0 fully saturated rings. The van der Waals surface area contributed by atoms with Crippen molar-refractivity contribution < 1.29 is 0 Å². The van der Waals surface area contributed by atoms with Gasteiger partial charge >= 0.3 is 0 Å². The molecule has 0 nitrogen and oxygen atoms in total. The van der Waals surface area contributed by atoms with E-state index < -0.39 is 0 Å². The summed E-state index contributed by atoms with van der Waals surface area (Å²) in [6.45, 7) is 10.7. The first-order chi connectivity index (χ1) is 4.54. The first kappa shape index (κ1) is 7.59. The van der Waals surface area contributed by atoms with Crippen LogP contribution in [0.2, 0.25) is 0 Å². The van der Waals surface area contributed by atoms with Crippen LogP contribution in [0.25, 0.3) is 0 Å². The molecule has 0 heterocycles. The summed E-state index contributed by atoms with van der Waals surface area (Å²) >= 11 is 0. The monoisotopic (exact) mass is 135 g/mol. The zero-order valence-electron chi connectivity index (χ0n) is 7.02. The Morgan fingerprint density at radius 2 is 2.20 bits per heavy atom. The Morgan fingerprint density at radius 1 is 1.60 bits per heavy atom. The van der Waals surface area contributed by atoms with Crippen molar-refractivity contribution in [2.24, 2.45) is 11.3 Å². The molecular formula is C10H15. The highest BCUT2D eigenvalue weighted by Gasteiger charge is 2.25. The number of hydrogen-bond donors (Lipinski definition) is 0. The number of allylic oxidation sites excluding steroid dienone is 4. The van der Waals surface area contributed by atoms with Gasteiger partial charge in [-0.3, -0.25) is 0 Å². The predicted octanol–water partition coefficient (Wildman–Crippen LogP) is 2.98. The van der Waals surface area contributed by atoms with Gasteiger partial charge in [-0.1, -0.05) is 37.6 Å². The van der Waals surface area contributed by atoms with Gasteiger partial charge in [-0.2, -0.15) is 0 Å². The van der Waals surface area contributed by atoms with Crippen LogP contribution >= 0.6 is 0 Å². The minimum atomic E-state index is 0.110. The third-order valence-electron chi connectivity index (χ3n) is 2.51. The average Bonchev–Trinajstić information content (AvgIpc) is 1.83. The zero-order chi connectivity index (χ0) is 7.78. The summed E-state index contributed by atoms with van der Waals surface area (Å²) in [5.74, 6) is 0.581. The molecule has 0 N–H and O–H groups in total. The third-order valence-corrected chi connectivity index (χ3v) is 2.51. The van der Waals surface area contributed by atoms with Crippen LogP contribution in [0.5, 0.6) is 0 Å². The van der Waals surface area contributed by atoms with Gasteiger partial charge in [0.05, 0.1) is 0 Å². The summed E-state index contributed by atoms with van der Waals surface area (Å²) in [6, 6.07) is 0. The van der Waals surface area contributed by atoms with Crippen molar-refractivity contribution in [3.8, 4) is 0 Å². The van der Waals surface area contributed by atoms with Crippen molar-refractivity contribution in [1.82, 2.24) is 0 Å². The van der Waals surface area contributed by atoms with Crippen molar-refractivity contribution >= 4 is 0 Å². The molecule has 0 heteroatoms. The highest BCUT2D eigenvalue weighted by Crippen LogP contribution is 2.35. The molecule has 10 heavy (non-hydrogen) atoms. The van der Waals surface area contributed by atoms with E-state index in [1.54, 1.807) is 0 Å². The molecule has 1 aliphatic carbocycles.